The van der Waals surface area contributed by atoms with E-state index in [2.05, 4.69) is 0 Å². The molecule has 0 radical (unpaired) electrons. The van der Waals surface area contributed by atoms with E-state index in [9.17, 15) is 4.79 Å². The van der Waals surface area contributed by atoms with Crippen LogP contribution in [-0.4, -0.2) is 25.8 Å². The third-order valence-electron chi connectivity index (χ3n) is 2.64. The van der Waals surface area contributed by atoms with Crippen molar-refractivity contribution in [3.63, 3.8) is 0 Å². The molecule has 0 aliphatic carbocycles. The lowest BCUT2D eigenvalue weighted by molar-refractivity contribution is -0.150. The standard InChI is InChI=1S/C14H21NO4/c1-5-18-14(16)10(3)19-12-7-6-11(9(2)15)8-13(12)17-4/h6-10H,5,15H2,1-4H3. The van der Waals surface area contributed by atoms with Crippen LogP contribution in [0, 0.1) is 0 Å². The second kappa shape index (κ2) is 6.99. The van der Waals surface area contributed by atoms with Gasteiger partial charge in [-0.3, -0.25) is 0 Å². The third kappa shape index (κ3) is 4.13. The molecular weight excluding hydrogens is 246 g/mol. The van der Waals surface area contributed by atoms with E-state index in [1.54, 1.807) is 33.1 Å². The Balaban J connectivity index is 2.86. The first-order valence-corrected chi connectivity index (χ1v) is 6.26. The molecule has 0 aliphatic rings. The van der Waals surface area contributed by atoms with E-state index in [1.807, 2.05) is 13.0 Å². The lowest BCUT2D eigenvalue weighted by atomic mass is 10.1. The third-order valence-corrected chi connectivity index (χ3v) is 2.64. The van der Waals surface area contributed by atoms with Crippen molar-refractivity contribution in [3.05, 3.63) is 23.8 Å². The number of hydrogen-bond acceptors (Lipinski definition) is 5. The summed E-state index contributed by atoms with van der Waals surface area (Å²) in [5.41, 5.74) is 6.74. The number of carbonyl (C=O) groups excluding carboxylic acids is 1. The van der Waals surface area contributed by atoms with Gasteiger partial charge in [-0.2, -0.15) is 0 Å². The van der Waals surface area contributed by atoms with Crippen molar-refractivity contribution >= 4 is 5.97 Å². The van der Waals surface area contributed by atoms with Crippen molar-refractivity contribution in [2.75, 3.05) is 13.7 Å². The summed E-state index contributed by atoms with van der Waals surface area (Å²) in [6.45, 7) is 5.60. The predicted molar refractivity (Wildman–Crippen MR) is 72.3 cm³/mol. The number of carbonyl (C=O) groups is 1. The zero-order valence-corrected chi connectivity index (χ0v) is 11.8. The van der Waals surface area contributed by atoms with Crippen LogP contribution < -0.4 is 15.2 Å². The Morgan fingerprint density at radius 2 is 2.00 bits per heavy atom. The Kier molecular flexibility index (Phi) is 5.63. The number of ether oxygens (including phenoxy) is 3. The highest BCUT2D eigenvalue weighted by Gasteiger charge is 2.18. The molecule has 0 heterocycles. The van der Waals surface area contributed by atoms with Crippen molar-refractivity contribution < 1.29 is 19.0 Å². The Hall–Kier alpha value is -1.75. The minimum Gasteiger partial charge on any atom is -0.493 e. The topological polar surface area (TPSA) is 70.8 Å². The fraction of sp³-hybridized carbons (Fsp3) is 0.500. The second-order valence-electron chi connectivity index (χ2n) is 4.21. The van der Waals surface area contributed by atoms with E-state index in [1.165, 1.54) is 0 Å². The van der Waals surface area contributed by atoms with E-state index in [0.29, 0.717) is 18.1 Å². The van der Waals surface area contributed by atoms with Gasteiger partial charge in [0.05, 0.1) is 13.7 Å². The Morgan fingerprint density at radius 1 is 1.32 bits per heavy atom. The van der Waals surface area contributed by atoms with E-state index >= 15 is 0 Å². The highest BCUT2D eigenvalue weighted by molar-refractivity contribution is 5.74. The van der Waals surface area contributed by atoms with Crippen LogP contribution >= 0.6 is 0 Å². The SMILES string of the molecule is CCOC(=O)C(C)Oc1ccc(C(C)N)cc1OC. The van der Waals surface area contributed by atoms with Gasteiger partial charge in [0.1, 0.15) is 0 Å². The van der Waals surface area contributed by atoms with Crippen LogP contribution in [0.3, 0.4) is 0 Å². The molecule has 19 heavy (non-hydrogen) atoms. The lowest BCUT2D eigenvalue weighted by Gasteiger charge is -2.17. The van der Waals surface area contributed by atoms with Crippen LogP contribution in [0.1, 0.15) is 32.4 Å². The lowest BCUT2D eigenvalue weighted by Crippen LogP contribution is -2.26. The smallest absolute Gasteiger partial charge is 0.347 e. The maximum absolute atomic E-state index is 11.5. The first-order chi connectivity index (χ1) is 8.99. The molecule has 0 aliphatic heterocycles. The minimum absolute atomic E-state index is 0.0922. The van der Waals surface area contributed by atoms with Gasteiger partial charge >= 0.3 is 5.97 Å². The Morgan fingerprint density at radius 3 is 2.53 bits per heavy atom. The first-order valence-electron chi connectivity index (χ1n) is 6.26. The molecule has 1 aromatic rings. The van der Waals surface area contributed by atoms with Gasteiger partial charge in [-0.15, -0.1) is 0 Å². The maximum atomic E-state index is 11.5. The molecule has 5 heteroatoms. The van der Waals surface area contributed by atoms with Crippen LogP contribution in [-0.2, 0) is 9.53 Å². The van der Waals surface area contributed by atoms with Crippen molar-refractivity contribution in [1.82, 2.24) is 0 Å². The van der Waals surface area contributed by atoms with E-state index in [-0.39, 0.29) is 6.04 Å². The van der Waals surface area contributed by atoms with Gasteiger partial charge in [-0.25, -0.2) is 4.79 Å². The molecule has 0 saturated heterocycles. The zero-order chi connectivity index (χ0) is 14.4. The average molecular weight is 267 g/mol. The highest BCUT2D eigenvalue weighted by atomic mass is 16.6. The summed E-state index contributed by atoms with van der Waals surface area (Å²) in [5, 5.41) is 0. The van der Waals surface area contributed by atoms with Gasteiger partial charge in [0, 0.05) is 6.04 Å². The van der Waals surface area contributed by atoms with Crippen LogP contribution in [0.2, 0.25) is 0 Å². The molecule has 106 valence electrons. The number of esters is 1. The second-order valence-corrected chi connectivity index (χ2v) is 4.21. The largest absolute Gasteiger partial charge is 0.493 e. The van der Waals surface area contributed by atoms with E-state index in [4.69, 9.17) is 19.9 Å². The quantitative estimate of drug-likeness (QED) is 0.799. The maximum Gasteiger partial charge on any atom is 0.347 e. The molecule has 2 atom stereocenters. The summed E-state index contributed by atoms with van der Waals surface area (Å²) in [4.78, 5) is 11.5. The van der Waals surface area contributed by atoms with Crippen LogP contribution in [0.15, 0.2) is 18.2 Å². The predicted octanol–water partition coefficient (Wildman–Crippen LogP) is 2.05. The van der Waals surface area contributed by atoms with E-state index in [0.717, 1.165) is 5.56 Å². The summed E-state index contributed by atoms with van der Waals surface area (Å²) < 4.78 is 15.7. The summed E-state index contributed by atoms with van der Waals surface area (Å²) in [6.07, 6.45) is -0.685. The first kappa shape index (κ1) is 15.3. The van der Waals surface area contributed by atoms with Gasteiger partial charge in [0.15, 0.2) is 17.6 Å². The Labute approximate surface area is 113 Å². The number of nitrogens with two attached hydrogens (primary N) is 1. The fourth-order valence-corrected chi connectivity index (χ4v) is 1.56. The Bertz CT molecular complexity index is 431. The summed E-state index contributed by atoms with van der Waals surface area (Å²) in [5.74, 6) is 0.638. The van der Waals surface area contributed by atoms with Crippen molar-refractivity contribution in [2.24, 2.45) is 5.73 Å². The molecule has 2 N–H and O–H groups in total. The van der Waals surface area contributed by atoms with Crippen LogP contribution in [0.4, 0.5) is 0 Å². The number of methoxy groups -OCH3 is 1. The molecule has 0 bridgehead atoms. The summed E-state index contributed by atoms with van der Waals surface area (Å²) >= 11 is 0. The van der Waals surface area contributed by atoms with Gasteiger partial charge in [-0.05, 0) is 38.5 Å². The summed E-state index contributed by atoms with van der Waals surface area (Å²) in [6, 6.07) is 5.30. The van der Waals surface area contributed by atoms with Crippen molar-refractivity contribution in [3.8, 4) is 11.5 Å². The highest BCUT2D eigenvalue weighted by Crippen LogP contribution is 2.30. The van der Waals surface area contributed by atoms with Crippen molar-refractivity contribution in [1.29, 1.82) is 0 Å². The van der Waals surface area contributed by atoms with E-state index < -0.39 is 12.1 Å². The molecule has 1 aromatic carbocycles. The fourth-order valence-electron chi connectivity index (χ4n) is 1.56. The monoisotopic (exact) mass is 267 g/mol. The molecule has 5 nitrogen and oxygen atoms in total. The van der Waals surface area contributed by atoms with Gasteiger partial charge < -0.3 is 19.9 Å². The van der Waals surface area contributed by atoms with Crippen LogP contribution in [0.25, 0.3) is 0 Å². The normalized spacial score (nSPS) is 13.5. The molecule has 0 fully saturated rings. The molecule has 2 unspecified atom stereocenters. The minimum atomic E-state index is -0.685. The van der Waals surface area contributed by atoms with Crippen LogP contribution in [0.5, 0.6) is 11.5 Å². The number of hydrogen-bond donors (Lipinski definition) is 1. The molecule has 0 saturated carbocycles. The summed E-state index contributed by atoms with van der Waals surface area (Å²) in [7, 11) is 1.54. The molecule has 0 spiro atoms. The number of rotatable bonds is 6. The molecule has 0 amide bonds. The average Bonchev–Trinajstić information content (AvgIpc) is 2.39. The number of benzene rings is 1. The molecule has 0 aromatic heterocycles. The van der Waals surface area contributed by atoms with Gasteiger partial charge in [0.25, 0.3) is 0 Å². The van der Waals surface area contributed by atoms with Crippen molar-refractivity contribution in [2.45, 2.75) is 32.9 Å². The van der Waals surface area contributed by atoms with Gasteiger partial charge in [0.2, 0.25) is 0 Å². The molecular formula is C14H21NO4. The molecule has 1 rings (SSSR count). The van der Waals surface area contributed by atoms with Gasteiger partial charge in [-0.1, -0.05) is 6.07 Å². The zero-order valence-electron chi connectivity index (χ0n) is 11.8.